The zero-order valence-electron chi connectivity index (χ0n) is 15.2. The van der Waals surface area contributed by atoms with Crippen molar-refractivity contribution in [3.63, 3.8) is 0 Å². The number of nitrogens with one attached hydrogen (secondary N) is 1. The molecule has 1 amide bonds. The Labute approximate surface area is 149 Å². The number of carbonyl (C=O) groups is 1. The molecule has 0 radical (unpaired) electrons. The van der Waals surface area contributed by atoms with E-state index < -0.39 is 10.0 Å². The maximum atomic E-state index is 12.5. The van der Waals surface area contributed by atoms with Crippen molar-refractivity contribution in [1.82, 2.24) is 9.62 Å². The van der Waals surface area contributed by atoms with Crippen LogP contribution in [0, 0.1) is 13.8 Å². The molecule has 1 N–H and O–H groups in total. The van der Waals surface area contributed by atoms with Crippen molar-refractivity contribution in [3.05, 3.63) is 64.7 Å². The second kappa shape index (κ2) is 7.37. The van der Waals surface area contributed by atoms with Crippen LogP contribution in [0.2, 0.25) is 0 Å². The zero-order valence-corrected chi connectivity index (χ0v) is 16.0. The summed E-state index contributed by atoms with van der Waals surface area (Å²) in [7, 11) is -0.646. The van der Waals surface area contributed by atoms with Gasteiger partial charge in [-0.15, -0.1) is 0 Å². The van der Waals surface area contributed by atoms with E-state index in [0.717, 1.165) is 15.4 Å². The number of hydrogen-bond donors (Lipinski definition) is 1. The lowest BCUT2D eigenvalue weighted by atomic mass is 10.00. The van der Waals surface area contributed by atoms with Gasteiger partial charge in [0.25, 0.3) is 5.91 Å². The molecule has 2 rings (SSSR count). The first-order valence-corrected chi connectivity index (χ1v) is 9.47. The van der Waals surface area contributed by atoms with Gasteiger partial charge in [0.2, 0.25) is 10.0 Å². The van der Waals surface area contributed by atoms with Crippen LogP contribution in [0.3, 0.4) is 0 Å². The third-order valence-corrected chi connectivity index (χ3v) is 5.93. The quantitative estimate of drug-likeness (QED) is 0.891. The van der Waals surface area contributed by atoms with Gasteiger partial charge in [-0.2, -0.15) is 0 Å². The van der Waals surface area contributed by atoms with Crippen molar-refractivity contribution in [3.8, 4) is 0 Å². The Morgan fingerprint density at radius 1 is 1.08 bits per heavy atom. The van der Waals surface area contributed by atoms with Crippen LogP contribution in [-0.2, 0) is 10.0 Å². The molecule has 134 valence electrons. The monoisotopic (exact) mass is 360 g/mol. The third-order valence-electron chi connectivity index (χ3n) is 4.11. The summed E-state index contributed by atoms with van der Waals surface area (Å²) in [6, 6.07) is 12.0. The fourth-order valence-electron chi connectivity index (χ4n) is 2.68. The van der Waals surface area contributed by atoms with E-state index in [9.17, 15) is 13.2 Å². The molecule has 1 unspecified atom stereocenters. The minimum absolute atomic E-state index is 0.101. The Morgan fingerprint density at radius 2 is 1.76 bits per heavy atom. The standard InChI is InChI=1S/C19H24N2O3S/c1-13-9-10-18(14(2)11-13)15(3)20-19(22)16-7-6-8-17(12-16)25(23,24)21(4)5/h6-12,15H,1-5H3,(H,20,22). The predicted molar refractivity (Wildman–Crippen MR) is 99.1 cm³/mol. The molecule has 2 aromatic rings. The summed E-state index contributed by atoms with van der Waals surface area (Å²) in [5.74, 6) is -0.303. The predicted octanol–water partition coefficient (Wildman–Crippen LogP) is 3.04. The summed E-state index contributed by atoms with van der Waals surface area (Å²) >= 11 is 0. The molecule has 2 aromatic carbocycles. The zero-order chi connectivity index (χ0) is 18.8. The van der Waals surface area contributed by atoms with Crippen LogP contribution in [0.15, 0.2) is 47.4 Å². The Bertz CT molecular complexity index is 889. The molecular weight excluding hydrogens is 336 g/mol. The summed E-state index contributed by atoms with van der Waals surface area (Å²) in [5, 5.41) is 2.93. The molecule has 0 aliphatic heterocycles. The fraction of sp³-hybridized carbons (Fsp3) is 0.316. The highest BCUT2D eigenvalue weighted by Crippen LogP contribution is 2.20. The van der Waals surface area contributed by atoms with E-state index in [1.165, 1.54) is 31.8 Å². The number of carbonyl (C=O) groups excluding carboxylic acids is 1. The van der Waals surface area contributed by atoms with Gasteiger partial charge in [0, 0.05) is 19.7 Å². The average Bonchev–Trinajstić information content (AvgIpc) is 2.54. The molecule has 0 saturated heterocycles. The molecule has 25 heavy (non-hydrogen) atoms. The number of amides is 1. The van der Waals surface area contributed by atoms with E-state index in [-0.39, 0.29) is 16.8 Å². The molecule has 0 saturated carbocycles. The smallest absolute Gasteiger partial charge is 0.251 e. The highest BCUT2D eigenvalue weighted by Gasteiger charge is 2.19. The van der Waals surface area contributed by atoms with Crippen LogP contribution < -0.4 is 5.32 Å². The summed E-state index contributed by atoms with van der Waals surface area (Å²) in [6.45, 7) is 5.95. The maximum absolute atomic E-state index is 12.5. The van der Waals surface area contributed by atoms with E-state index in [4.69, 9.17) is 0 Å². The Morgan fingerprint density at radius 3 is 2.36 bits per heavy atom. The van der Waals surface area contributed by atoms with Gasteiger partial charge in [0.1, 0.15) is 0 Å². The lowest BCUT2D eigenvalue weighted by Gasteiger charge is -2.18. The van der Waals surface area contributed by atoms with Gasteiger partial charge < -0.3 is 5.32 Å². The number of benzene rings is 2. The van der Waals surface area contributed by atoms with Gasteiger partial charge in [-0.25, -0.2) is 12.7 Å². The minimum Gasteiger partial charge on any atom is -0.346 e. The lowest BCUT2D eigenvalue weighted by Crippen LogP contribution is -2.28. The van der Waals surface area contributed by atoms with Crippen LogP contribution in [0.5, 0.6) is 0 Å². The van der Waals surface area contributed by atoms with Gasteiger partial charge in [-0.3, -0.25) is 4.79 Å². The molecule has 0 spiro atoms. The molecular formula is C19H24N2O3S. The van der Waals surface area contributed by atoms with Crippen molar-refractivity contribution in [2.75, 3.05) is 14.1 Å². The number of aryl methyl sites for hydroxylation is 2. The maximum Gasteiger partial charge on any atom is 0.251 e. The van der Waals surface area contributed by atoms with Crippen LogP contribution in [-0.4, -0.2) is 32.7 Å². The highest BCUT2D eigenvalue weighted by atomic mass is 32.2. The highest BCUT2D eigenvalue weighted by molar-refractivity contribution is 7.89. The lowest BCUT2D eigenvalue weighted by molar-refractivity contribution is 0.0939. The summed E-state index contributed by atoms with van der Waals surface area (Å²) in [6.07, 6.45) is 0. The molecule has 0 heterocycles. The van der Waals surface area contributed by atoms with E-state index >= 15 is 0 Å². The number of rotatable bonds is 5. The van der Waals surface area contributed by atoms with Crippen LogP contribution in [0.4, 0.5) is 0 Å². The molecule has 0 aliphatic rings. The van der Waals surface area contributed by atoms with Crippen LogP contribution in [0.25, 0.3) is 0 Å². The molecule has 0 fully saturated rings. The first-order valence-electron chi connectivity index (χ1n) is 8.03. The van der Waals surface area contributed by atoms with Crippen molar-refractivity contribution in [1.29, 1.82) is 0 Å². The average molecular weight is 360 g/mol. The summed E-state index contributed by atoms with van der Waals surface area (Å²) < 4.78 is 25.6. The number of sulfonamides is 1. The van der Waals surface area contributed by atoms with Crippen LogP contribution in [0.1, 0.15) is 40.0 Å². The van der Waals surface area contributed by atoms with Crippen molar-refractivity contribution in [2.45, 2.75) is 31.7 Å². The molecule has 0 aromatic heterocycles. The van der Waals surface area contributed by atoms with Gasteiger partial charge in [0.05, 0.1) is 10.9 Å². The number of hydrogen-bond acceptors (Lipinski definition) is 3. The molecule has 0 bridgehead atoms. The van der Waals surface area contributed by atoms with Gasteiger partial charge in [0.15, 0.2) is 0 Å². The van der Waals surface area contributed by atoms with Gasteiger partial charge in [-0.1, -0.05) is 29.8 Å². The topological polar surface area (TPSA) is 66.5 Å². The van der Waals surface area contributed by atoms with E-state index in [1.54, 1.807) is 12.1 Å². The molecule has 0 aliphatic carbocycles. The second-order valence-corrected chi connectivity index (χ2v) is 8.52. The van der Waals surface area contributed by atoms with Crippen molar-refractivity contribution in [2.24, 2.45) is 0 Å². The largest absolute Gasteiger partial charge is 0.346 e. The van der Waals surface area contributed by atoms with E-state index in [1.807, 2.05) is 32.9 Å². The van der Waals surface area contributed by atoms with Gasteiger partial charge in [-0.05, 0) is 50.1 Å². The number of nitrogens with zero attached hydrogens (tertiary/aromatic N) is 1. The van der Waals surface area contributed by atoms with Gasteiger partial charge >= 0.3 is 0 Å². The minimum atomic E-state index is -3.57. The summed E-state index contributed by atoms with van der Waals surface area (Å²) in [5.41, 5.74) is 3.63. The Balaban J connectivity index is 2.24. The van der Waals surface area contributed by atoms with E-state index in [0.29, 0.717) is 5.56 Å². The molecule has 1 atom stereocenters. The van der Waals surface area contributed by atoms with Crippen molar-refractivity contribution < 1.29 is 13.2 Å². The molecule has 6 heteroatoms. The Kier molecular flexibility index (Phi) is 5.65. The van der Waals surface area contributed by atoms with Crippen molar-refractivity contribution >= 4 is 15.9 Å². The second-order valence-electron chi connectivity index (χ2n) is 6.37. The van der Waals surface area contributed by atoms with Crippen LogP contribution >= 0.6 is 0 Å². The third kappa shape index (κ3) is 4.27. The SMILES string of the molecule is Cc1ccc(C(C)NC(=O)c2cccc(S(=O)(=O)N(C)C)c2)c(C)c1. The van der Waals surface area contributed by atoms with E-state index in [2.05, 4.69) is 11.4 Å². The normalized spacial score (nSPS) is 12.9. The fourth-order valence-corrected chi connectivity index (χ4v) is 3.63. The first-order chi connectivity index (χ1) is 11.6. The summed E-state index contributed by atoms with van der Waals surface area (Å²) in [4.78, 5) is 12.6. The molecule has 5 nitrogen and oxygen atoms in total. The Hall–Kier alpha value is -2.18. The first kappa shape index (κ1) is 19.1.